The number of hydrogen-bond donors (Lipinski definition) is 4. The number of rotatable bonds is 22. The number of esters is 2. The Balaban J connectivity index is 0.000000217. The number of ether oxygens (including phenoxy) is 6. The summed E-state index contributed by atoms with van der Waals surface area (Å²) in [4.78, 5) is 73.9. The second-order valence-corrected chi connectivity index (χ2v) is 41.8. The van der Waals surface area contributed by atoms with E-state index in [4.69, 9.17) is 94.8 Å². The summed E-state index contributed by atoms with van der Waals surface area (Å²) in [7, 11) is 2.77. The molecular formula is C104H134Cl4N8O13S4. The van der Waals surface area contributed by atoms with Crippen molar-refractivity contribution in [2.45, 2.75) is 291 Å². The van der Waals surface area contributed by atoms with Crippen LogP contribution in [0.4, 0.5) is 0 Å². The van der Waals surface area contributed by atoms with Crippen molar-refractivity contribution in [3.63, 3.8) is 0 Å². The third kappa shape index (κ3) is 24.5. The highest BCUT2D eigenvalue weighted by atomic mass is 35.5. The van der Waals surface area contributed by atoms with E-state index in [1.807, 2.05) is 223 Å². The summed E-state index contributed by atoms with van der Waals surface area (Å²) in [5, 5.41) is 37.5. The van der Waals surface area contributed by atoms with E-state index in [2.05, 4.69) is 60.2 Å². The number of aryl methyl sites for hydroxylation is 9. The fraction of sp³-hybridized carbons (Fsp3) is 0.462. The molecule has 4 atom stereocenters. The molecule has 0 radical (unpaired) electrons. The number of hydrogen-bond acceptors (Lipinski definition) is 15. The van der Waals surface area contributed by atoms with Crippen molar-refractivity contribution in [3.8, 4) is 44.5 Å². The smallest absolute Gasteiger partial charge is 0.339 e. The lowest BCUT2D eigenvalue weighted by molar-refractivity contribution is -0.164. The van der Waals surface area contributed by atoms with Crippen LogP contribution in [0.25, 0.3) is 88.6 Å². The zero-order chi connectivity index (χ0) is 95.1. The highest BCUT2D eigenvalue weighted by molar-refractivity contribution is 7.59. The summed E-state index contributed by atoms with van der Waals surface area (Å²) >= 11 is 24.7. The molecule has 8 aromatic heterocycles. The Morgan fingerprint density at radius 3 is 0.857 bits per heavy atom. The van der Waals surface area contributed by atoms with Crippen LogP contribution in [0, 0.1) is 93.9 Å². The first-order valence-electron chi connectivity index (χ1n) is 44.1. The molecule has 0 amide bonds. The molecule has 3 fully saturated rings. The maximum Gasteiger partial charge on any atom is 0.339 e. The van der Waals surface area contributed by atoms with Crippen molar-refractivity contribution >= 4 is 168 Å². The van der Waals surface area contributed by atoms with Crippen LogP contribution in [-0.2, 0) is 67.2 Å². The molecule has 0 bridgehead atoms. The van der Waals surface area contributed by atoms with Crippen molar-refractivity contribution in [2.75, 3.05) is 14.2 Å². The third-order valence-electron chi connectivity index (χ3n) is 24.9. The van der Waals surface area contributed by atoms with E-state index < -0.39 is 76.3 Å². The number of aromatic nitrogens is 8. The minimum absolute atomic E-state index is 0. The predicted octanol–water partition coefficient (Wildman–Crippen LogP) is 26.2. The first kappa shape index (κ1) is 110. The molecule has 4 N–H and O–H groups in total. The van der Waals surface area contributed by atoms with E-state index in [0.717, 1.165) is 159 Å². The molecule has 0 unspecified atom stereocenters. The normalized spacial score (nSPS) is 15.0. The van der Waals surface area contributed by atoms with Crippen LogP contribution in [0.1, 0.15) is 250 Å². The maximum atomic E-state index is 13.1. The summed E-state index contributed by atoms with van der Waals surface area (Å²) in [6.45, 7) is 53.8. The molecule has 720 valence electrons. The molecular weight excluding hydrogens is 1840 g/mol. The van der Waals surface area contributed by atoms with Gasteiger partial charge in [-0.1, -0.05) is 109 Å². The van der Waals surface area contributed by atoms with Crippen LogP contribution in [0.3, 0.4) is 0 Å². The van der Waals surface area contributed by atoms with Crippen molar-refractivity contribution in [3.05, 3.63) is 207 Å². The summed E-state index contributed by atoms with van der Waals surface area (Å²) in [6.07, 6.45) is 2.29. The molecule has 15 rings (SSSR count). The number of H-pyrrole nitrogens is 1. The molecule has 0 spiro atoms. The number of aliphatic hydroxyl groups is 1. The number of benzene rings is 4. The highest BCUT2D eigenvalue weighted by Gasteiger charge is 2.45. The molecule has 3 saturated carbocycles. The van der Waals surface area contributed by atoms with E-state index in [-0.39, 0.29) is 54.0 Å². The van der Waals surface area contributed by atoms with Gasteiger partial charge in [-0.3, -0.25) is 0 Å². The Labute approximate surface area is 831 Å². The third-order valence-corrected chi connectivity index (χ3v) is 25.9. The van der Waals surface area contributed by atoms with Gasteiger partial charge in [-0.15, -0.1) is 0 Å². The van der Waals surface area contributed by atoms with Gasteiger partial charge in [0.25, 0.3) is 0 Å². The molecule has 3 aliphatic carbocycles. The van der Waals surface area contributed by atoms with Gasteiger partial charge in [0.1, 0.15) is 22.6 Å². The van der Waals surface area contributed by atoms with Gasteiger partial charge in [-0.25, -0.2) is 39.1 Å². The van der Waals surface area contributed by atoms with Gasteiger partial charge in [-0.2, -0.15) is 54.0 Å². The quantitative estimate of drug-likeness (QED) is 0.0459. The maximum absolute atomic E-state index is 13.1. The van der Waals surface area contributed by atoms with E-state index in [1.54, 1.807) is 12.1 Å². The van der Waals surface area contributed by atoms with E-state index in [1.165, 1.54) is 51.3 Å². The van der Waals surface area contributed by atoms with E-state index in [9.17, 15) is 34.5 Å². The van der Waals surface area contributed by atoms with Crippen molar-refractivity contribution in [1.29, 1.82) is 0 Å². The lowest BCUT2D eigenvalue weighted by atomic mass is 9.91. The van der Waals surface area contributed by atoms with Gasteiger partial charge in [0, 0.05) is 145 Å². The molecule has 0 aliphatic heterocycles. The summed E-state index contributed by atoms with van der Waals surface area (Å²) in [5.41, 5.74) is 22.2. The minimum Gasteiger partial charge on any atom is -0.479 e. The SMILES string of the molecule is COC(=O)[C@@H](OC(C)(C)C)c1c(C)nc2[nH]c(C)c(C)c2c1-c1ccc(Cl)cc1.COC(=O)[C@@H](OC(C)(C)C)c1c(C)nc2c(c(C)c(C)n2CC2(C)CC2)c1-c1ccc(Cl)cc1.Cc1nc2c(c(C)c(C)n2CC2(C)CC2)c(-c2ccc(Cl)cc2)c1[C@H](OC(C)(C)C)C(=O)O.Cc1nc2c(c(C)c(C)n2CC2(O)CC2)c(-c2ccc(Cl)cc2)c1[C@H](OC(C)(C)C)C(=O)O.S.S.S.S. The summed E-state index contributed by atoms with van der Waals surface area (Å²) in [6, 6.07) is 30.3. The van der Waals surface area contributed by atoms with Gasteiger partial charge in [0.15, 0.2) is 24.4 Å². The second-order valence-electron chi connectivity index (χ2n) is 40.1. The number of carboxylic acids is 2. The second kappa shape index (κ2) is 42.1. The van der Waals surface area contributed by atoms with Crippen molar-refractivity contribution < 1.29 is 62.9 Å². The fourth-order valence-corrected chi connectivity index (χ4v) is 17.7. The zero-order valence-corrected chi connectivity index (χ0v) is 89.0. The standard InChI is InChI=1S/C28H35ClN2O3.C27H33ClN2O3.C26H31ClN2O4.C23H27ClN2O3.4H2S/c1-16-18(3)31(15-28(7)13-14-28)25-21(16)23(19-9-11-20(29)12-10-19)22(17(2)30-25)24(26(32)33-8)34-27(4,5)6;1-15-17(3)30(14-27(7)12-13-27)24-20(15)22(18-8-10-19(28)11-9-18)21(16(2)29-24)23(25(31)32)33-26(4,5)6;1-14-16(3)29(13-26(32)11-12-26)23-19(14)21(17-7-9-18(27)10-8-17)20(15(2)28-23)22(24(30)31)33-25(4,5)6;1-12-13(2)25-21-17(12)19(15-8-10-16(24)11-9-15)18(14(3)26-21)20(22(27)28-7)29-23(4,5)6;;;;/h9-12,24H,13-15H2,1-8H3;8-11,23H,12-14H2,1-7H3,(H,31,32);7-10,22,32H,11-13H2,1-6H3,(H,30,31);8-11,20H,1-7H3,(H,25,26);4*1H2/t24-;23-;22-;20-;;;;/m0000..../s1. The lowest BCUT2D eigenvalue weighted by Gasteiger charge is -2.29. The Kier molecular flexibility index (Phi) is 34.8. The molecule has 4 aromatic carbocycles. The number of pyridine rings is 4. The molecule has 29 heteroatoms. The van der Waals surface area contributed by atoms with Gasteiger partial charge < -0.3 is 62.4 Å². The average Bonchev–Trinajstić information content (AvgIpc) is 1.60. The van der Waals surface area contributed by atoms with Gasteiger partial charge in [0.2, 0.25) is 0 Å². The van der Waals surface area contributed by atoms with Crippen LogP contribution >= 0.6 is 100 Å². The topological polar surface area (TPSA) is 266 Å². The number of carboxylic acid groups (broad SMARTS) is 2. The van der Waals surface area contributed by atoms with E-state index in [0.29, 0.717) is 71.2 Å². The number of carbonyl (C=O) groups excluding carboxylic acids is 2. The monoisotopic (exact) mass is 1970 g/mol. The van der Waals surface area contributed by atoms with E-state index >= 15 is 0 Å². The molecule has 133 heavy (non-hydrogen) atoms. The Hall–Kier alpha value is -8.12. The molecule has 3 aliphatic rings. The first-order valence-corrected chi connectivity index (χ1v) is 45.6. The van der Waals surface area contributed by atoms with Crippen molar-refractivity contribution in [2.24, 2.45) is 10.8 Å². The molecule has 8 heterocycles. The van der Waals surface area contributed by atoms with Crippen LogP contribution in [-0.4, -0.2) is 120 Å². The number of carbonyl (C=O) groups is 4. The molecule has 0 saturated heterocycles. The number of halogens is 4. The summed E-state index contributed by atoms with van der Waals surface area (Å²) in [5.74, 6) is -2.98. The zero-order valence-electron chi connectivity index (χ0n) is 82.0. The van der Waals surface area contributed by atoms with Crippen LogP contribution in [0.5, 0.6) is 0 Å². The van der Waals surface area contributed by atoms with Crippen molar-refractivity contribution in [1.82, 2.24) is 38.6 Å². The largest absolute Gasteiger partial charge is 0.479 e. The van der Waals surface area contributed by atoms with Gasteiger partial charge in [0.05, 0.1) is 48.8 Å². The minimum atomic E-state index is -1.19. The van der Waals surface area contributed by atoms with Crippen LogP contribution < -0.4 is 0 Å². The molecule has 12 aromatic rings. The number of aromatic amines is 1. The molecule has 21 nitrogen and oxygen atoms in total. The van der Waals surface area contributed by atoms with Crippen LogP contribution in [0.2, 0.25) is 20.1 Å². The number of nitrogens with zero attached hydrogens (tertiary/aromatic N) is 7. The lowest BCUT2D eigenvalue weighted by Crippen LogP contribution is -2.29. The fourth-order valence-electron chi connectivity index (χ4n) is 17.2. The highest BCUT2D eigenvalue weighted by Crippen LogP contribution is 2.53. The van der Waals surface area contributed by atoms with Gasteiger partial charge in [-0.05, 0) is 309 Å². The first-order chi connectivity index (χ1) is 60.0. The Morgan fingerprint density at radius 2 is 0.617 bits per heavy atom. The predicted molar refractivity (Wildman–Crippen MR) is 558 cm³/mol. The average molecular weight is 1970 g/mol. The number of nitrogens with one attached hydrogen (secondary N) is 1. The number of fused-ring (bicyclic) bond motifs is 4. The van der Waals surface area contributed by atoms with Gasteiger partial charge >= 0.3 is 23.9 Å². The van der Waals surface area contributed by atoms with Crippen LogP contribution in [0.15, 0.2) is 97.1 Å². The number of aliphatic carboxylic acids is 2. The Morgan fingerprint density at radius 1 is 0.376 bits per heavy atom. The Bertz CT molecular complexity index is 6130. The number of methoxy groups -OCH3 is 2. The summed E-state index contributed by atoms with van der Waals surface area (Å²) < 4.78 is 41.7.